The van der Waals surface area contributed by atoms with E-state index in [9.17, 15) is 0 Å². The van der Waals surface area contributed by atoms with Crippen LogP contribution in [0.25, 0.3) is 0 Å². The third-order valence-corrected chi connectivity index (χ3v) is 6.01. The van der Waals surface area contributed by atoms with Gasteiger partial charge in [0.15, 0.2) is 5.11 Å². The van der Waals surface area contributed by atoms with E-state index in [4.69, 9.17) is 28.2 Å². The molecule has 0 spiro atoms. The van der Waals surface area contributed by atoms with Gasteiger partial charge in [0, 0.05) is 17.3 Å². The predicted molar refractivity (Wildman–Crippen MR) is 121 cm³/mol. The smallest absolute Gasteiger partial charge is 0.173 e. The van der Waals surface area contributed by atoms with Gasteiger partial charge in [-0.3, -0.25) is 0 Å². The number of nitrogens with one attached hydrogen (secondary N) is 1. The van der Waals surface area contributed by atoms with Crippen molar-refractivity contribution < 1.29 is 4.42 Å². The van der Waals surface area contributed by atoms with Crippen LogP contribution in [0.2, 0.25) is 5.02 Å². The molecule has 28 heavy (non-hydrogen) atoms. The minimum atomic E-state index is 0.672. The van der Waals surface area contributed by atoms with E-state index >= 15 is 0 Å². The number of aryl methyl sites for hydroxylation is 1. The van der Waals surface area contributed by atoms with E-state index in [1.54, 1.807) is 6.26 Å². The lowest BCUT2D eigenvalue weighted by Gasteiger charge is -2.27. The van der Waals surface area contributed by atoms with Gasteiger partial charge >= 0.3 is 0 Å². The van der Waals surface area contributed by atoms with Gasteiger partial charge in [-0.1, -0.05) is 24.4 Å². The molecule has 0 amide bonds. The van der Waals surface area contributed by atoms with E-state index in [0.717, 1.165) is 41.5 Å². The summed E-state index contributed by atoms with van der Waals surface area (Å²) in [7, 11) is 0. The highest BCUT2D eigenvalue weighted by Crippen LogP contribution is 2.20. The lowest BCUT2D eigenvalue weighted by atomic mass is 10.2. The molecule has 1 N–H and O–H groups in total. The maximum Gasteiger partial charge on any atom is 0.173 e. The lowest BCUT2D eigenvalue weighted by molar-refractivity contribution is 0.262. The third-order valence-electron chi connectivity index (χ3n) is 5.22. The van der Waals surface area contributed by atoms with Gasteiger partial charge in [0.25, 0.3) is 0 Å². The van der Waals surface area contributed by atoms with Gasteiger partial charge in [0.2, 0.25) is 0 Å². The summed E-state index contributed by atoms with van der Waals surface area (Å²) in [4.78, 5) is 4.78. The van der Waals surface area contributed by atoms with Crippen molar-refractivity contribution in [1.82, 2.24) is 9.80 Å². The highest BCUT2D eigenvalue weighted by Gasteiger charge is 2.14. The van der Waals surface area contributed by atoms with Crippen LogP contribution in [0.15, 0.2) is 41.0 Å². The zero-order valence-corrected chi connectivity index (χ0v) is 18.2. The number of hydrogen-bond donors (Lipinski definition) is 1. The second kappa shape index (κ2) is 10.8. The molecule has 3 rings (SSSR count). The molecule has 1 aromatic carbocycles. The normalized spacial score (nSPS) is 15.2. The third kappa shape index (κ3) is 6.50. The first-order valence-corrected chi connectivity index (χ1v) is 11.0. The molecule has 0 saturated carbocycles. The Labute approximate surface area is 178 Å². The fraction of sp³-hybridized carbons (Fsp3) is 0.500. The fourth-order valence-electron chi connectivity index (χ4n) is 3.61. The van der Waals surface area contributed by atoms with Crippen molar-refractivity contribution in [1.29, 1.82) is 0 Å². The molecule has 1 fully saturated rings. The summed E-state index contributed by atoms with van der Waals surface area (Å²) in [5.74, 6) is 0.922. The Morgan fingerprint density at radius 2 is 2.00 bits per heavy atom. The van der Waals surface area contributed by atoms with Crippen LogP contribution in [0.1, 0.15) is 43.4 Å². The Kier molecular flexibility index (Phi) is 8.19. The summed E-state index contributed by atoms with van der Waals surface area (Å²) < 4.78 is 5.56. The second-order valence-electron chi connectivity index (χ2n) is 7.50. The topological polar surface area (TPSA) is 31.6 Å². The van der Waals surface area contributed by atoms with Crippen LogP contribution >= 0.6 is 23.8 Å². The van der Waals surface area contributed by atoms with E-state index in [0.29, 0.717) is 11.7 Å². The summed E-state index contributed by atoms with van der Waals surface area (Å²) in [6, 6.07) is 9.81. The number of furan rings is 1. The molecule has 1 aromatic heterocycles. The Balaban J connectivity index is 1.58. The van der Waals surface area contributed by atoms with E-state index in [1.807, 2.05) is 37.3 Å². The minimum Gasteiger partial charge on any atom is -0.467 e. The Hall–Kier alpha value is -1.56. The van der Waals surface area contributed by atoms with Crippen molar-refractivity contribution in [2.45, 2.75) is 45.6 Å². The number of hydrogen-bond acceptors (Lipinski definition) is 3. The standard InChI is InChI=1S/C22H30ClN3OS/c1-18-16-19(9-10-21(18)23)24-22(28)26(17-20-8-6-15-27-20)14-7-13-25-11-4-2-3-5-12-25/h6,8-10,15-16H,2-5,7,11-14,17H2,1H3,(H,24,28). The second-order valence-corrected chi connectivity index (χ2v) is 8.30. The van der Waals surface area contributed by atoms with Crippen LogP contribution in [-0.2, 0) is 6.54 Å². The maximum absolute atomic E-state index is 6.14. The molecule has 0 atom stereocenters. The van der Waals surface area contributed by atoms with Crippen LogP contribution in [0.3, 0.4) is 0 Å². The van der Waals surface area contributed by atoms with Crippen molar-refractivity contribution in [3.63, 3.8) is 0 Å². The summed E-state index contributed by atoms with van der Waals surface area (Å²) >= 11 is 11.9. The number of thiocarbonyl (C=S) groups is 1. The lowest BCUT2D eigenvalue weighted by Crippen LogP contribution is -2.37. The van der Waals surface area contributed by atoms with E-state index in [2.05, 4.69) is 15.1 Å². The van der Waals surface area contributed by atoms with E-state index in [1.165, 1.54) is 38.8 Å². The molecule has 6 heteroatoms. The van der Waals surface area contributed by atoms with Crippen LogP contribution < -0.4 is 5.32 Å². The zero-order valence-electron chi connectivity index (χ0n) is 16.6. The molecule has 0 radical (unpaired) electrons. The minimum absolute atomic E-state index is 0.672. The van der Waals surface area contributed by atoms with Crippen molar-refractivity contribution >= 4 is 34.6 Å². The largest absolute Gasteiger partial charge is 0.467 e. The first-order chi connectivity index (χ1) is 13.6. The molecular weight excluding hydrogens is 390 g/mol. The molecule has 0 unspecified atom stereocenters. The molecule has 2 heterocycles. The van der Waals surface area contributed by atoms with Crippen molar-refractivity contribution in [2.24, 2.45) is 0 Å². The van der Waals surface area contributed by atoms with Gasteiger partial charge in [-0.2, -0.15) is 0 Å². The molecule has 1 aliphatic heterocycles. The Morgan fingerprint density at radius 1 is 1.21 bits per heavy atom. The van der Waals surface area contributed by atoms with Crippen LogP contribution in [0.4, 0.5) is 5.69 Å². The van der Waals surface area contributed by atoms with Crippen molar-refractivity contribution in [2.75, 3.05) is 31.5 Å². The Bertz CT molecular complexity index is 742. The van der Waals surface area contributed by atoms with Crippen LogP contribution in [0.5, 0.6) is 0 Å². The number of halogens is 1. The first-order valence-electron chi connectivity index (χ1n) is 10.2. The Morgan fingerprint density at radius 3 is 2.68 bits per heavy atom. The van der Waals surface area contributed by atoms with Crippen molar-refractivity contribution in [3.8, 4) is 0 Å². The van der Waals surface area contributed by atoms with Gasteiger partial charge in [0.1, 0.15) is 5.76 Å². The van der Waals surface area contributed by atoms with Crippen molar-refractivity contribution in [3.05, 3.63) is 52.9 Å². The van der Waals surface area contributed by atoms with Gasteiger partial charge in [0.05, 0.1) is 12.8 Å². The number of benzene rings is 1. The summed E-state index contributed by atoms with van der Waals surface area (Å²) in [6.45, 7) is 7.15. The molecule has 4 nitrogen and oxygen atoms in total. The fourth-order valence-corrected chi connectivity index (χ4v) is 4.00. The molecule has 1 aliphatic rings. The number of rotatable bonds is 7. The number of likely N-dealkylation sites (tertiary alicyclic amines) is 1. The van der Waals surface area contributed by atoms with Gasteiger partial charge in [-0.05, 0) is 93.9 Å². The highest BCUT2D eigenvalue weighted by atomic mass is 35.5. The van der Waals surface area contributed by atoms with Gasteiger partial charge in [-0.25, -0.2) is 0 Å². The summed E-state index contributed by atoms with van der Waals surface area (Å²) in [5.41, 5.74) is 2.00. The molecule has 1 saturated heterocycles. The monoisotopic (exact) mass is 419 g/mol. The van der Waals surface area contributed by atoms with Crippen LogP contribution in [0, 0.1) is 6.92 Å². The zero-order chi connectivity index (χ0) is 19.8. The molecule has 0 bridgehead atoms. The first kappa shape index (κ1) is 21.2. The molecule has 0 aliphatic carbocycles. The van der Waals surface area contributed by atoms with Gasteiger partial charge in [-0.15, -0.1) is 0 Å². The van der Waals surface area contributed by atoms with Crippen LogP contribution in [-0.4, -0.2) is 41.1 Å². The van der Waals surface area contributed by atoms with Gasteiger partial charge < -0.3 is 19.5 Å². The average molecular weight is 420 g/mol. The summed E-state index contributed by atoms with van der Waals surface area (Å²) in [5, 5.41) is 4.85. The molecule has 2 aromatic rings. The predicted octanol–water partition coefficient (Wildman–Crippen LogP) is 5.71. The molecule has 152 valence electrons. The SMILES string of the molecule is Cc1cc(NC(=S)N(CCCN2CCCCCC2)Cc2ccco2)ccc1Cl. The maximum atomic E-state index is 6.14. The quantitative estimate of drug-likeness (QED) is 0.581. The summed E-state index contributed by atoms with van der Waals surface area (Å²) in [6.07, 6.45) is 8.19. The molecular formula is C22H30ClN3OS. The van der Waals surface area contributed by atoms with E-state index in [-0.39, 0.29) is 0 Å². The average Bonchev–Trinajstić information content (AvgIpc) is 3.05. The highest BCUT2D eigenvalue weighted by molar-refractivity contribution is 7.80. The number of nitrogens with zero attached hydrogens (tertiary/aromatic N) is 2. The number of anilines is 1. The van der Waals surface area contributed by atoms with E-state index < -0.39 is 0 Å².